The lowest BCUT2D eigenvalue weighted by atomic mass is 10.0. The molecule has 4 aromatic rings. The number of nitrogens with one attached hydrogen (secondary N) is 1. The summed E-state index contributed by atoms with van der Waals surface area (Å²) in [6, 6.07) is 19.8. The summed E-state index contributed by atoms with van der Waals surface area (Å²) in [5, 5.41) is 4.23. The molecule has 0 aliphatic carbocycles. The zero-order valence-electron chi connectivity index (χ0n) is 19.4. The molecule has 1 aliphatic heterocycles. The first-order chi connectivity index (χ1) is 16.5. The molecule has 174 valence electrons. The third kappa shape index (κ3) is 4.36. The average Bonchev–Trinajstić information content (AvgIpc) is 3.40. The number of benzene rings is 3. The summed E-state index contributed by atoms with van der Waals surface area (Å²) < 4.78 is 13.1. The van der Waals surface area contributed by atoms with Gasteiger partial charge in [0.1, 0.15) is 0 Å². The molecular formula is C28H27ClN2O3. The Kier molecular flexibility index (Phi) is 6.20. The van der Waals surface area contributed by atoms with E-state index >= 15 is 0 Å². The van der Waals surface area contributed by atoms with Crippen molar-refractivity contribution in [2.24, 2.45) is 0 Å². The number of carbonyl (C=O) groups excluding carboxylic acids is 1. The van der Waals surface area contributed by atoms with E-state index in [9.17, 15) is 4.79 Å². The molecule has 1 N–H and O–H groups in total. The van der Waals surface area contributed by atoms with Gasteiger partial charge in [-0.3, -0.25) is 4.79 Å². The quantitative estimate of drug-likeness (QED) is 0.313. The maximum absolute atomic E-state index is 12.9. The summed E-state index contributed by atoms with van der Waals surface area (Å²) in [6.45, 7) is 5.49. The van der Waals surface area contributed by atoms with Crippen molar-refractivity contribution in [2.45, 2.75) is 33.2 Å². The Hall–Kier alpha value is -3.44. The number of alkyl halides is 1. The highest BCUT2D eigenvalue weighted by Gasteiger charge is 2.15. The second-order valence-electron chi connectivity index (χ2n) is 8.66. The molecule has 34 heavy (non-hydrogen) atoms. The standard InChI is InChI=1S/C28H27ClN2O3/c1-18-19(2)31(12-4-11-29)25-9-7-21(15-24(18)25)13-20-5-3-6-22(14-20)28(32)30-23-8-10-26-27(16-23)34-17-33-26/h3,5-10,14-16H,4,11-13,17H2,1-2H3,(H,30,32). The Morgan fingerprint density at radius 1 is 1.00 bits per heavy atom. The number of nitrogens with zero attached hydrogens (tertiary/aromatic N) is 1. The van der Waals surface area contributed by atoms with E-state index in [0.717, 1.165) is 24.9 Å². The summed E-state index contributed by atoms with van der Waals surface area (Å²) in [5.41, 5.74) is 7.46. The van der Waals surface area contributed by atoms with Gasteiger partial charge in [0.15, 0.2) is 11.5 Å². The summed E-state index contributed by atoms with van der Waals surface area (Å²) in [4.78, 5) is 12.9. The number of rotatable bonds is 7. The van der Waals surface area contributed by atoms with Crippen molar-refractivity contribution in [3.63, 3.8) is 0 Å². The van der Waals surface area contributed by atoms with E-state index in [1.807, 2.05) is 24.3 Å². The average molecular weight is 475 g/mol. The fourth-order valence-corrected chi connectivity index (χ4v) is 4.67. The van der Waals surface area contributed by atoms with Crippen LogP contribution in [0.25, 0.3) is 10.9 Å². The first-order valence-corrected chi connectivity index (χ1v) is 12.0. The molecule has 6 heteroatoms. The number of fused-ring (bicyclic) bond motifs is 2. The Balaban J connectivity index is 1.34. The number of ether oxygens (including phenoxy) is 2. The molecule has 0 atom stereocenters. The molecule has 0 bridgehead atoms. The van der Waals surface area contributed by atoms with Gasteiger partial charge in [-0.1, -0.05) is 18.2 Å². The van der Waals surface area contributed by atoms with Crippen LogP contribution in [0.15, 0.2) is 60.7 Å². The second kappa shape index (κ2) is 9.43. The van der Waals surface area contributed by atoms with Gasteiger partial charge in [-0.25, -0.2) is 0 Å². The van der Waals surface area contributed by atoms with E-state index in [1.54, 1.807) is 12.1 Å². The van der Waals surface area contributed by atoms with Crippen LogP contribution >= 0.6 is 11.6 Å². The molecule has 5 rings (SSSR count). The van der Waals surface area contributed by atoms with E-state index in [4.69, 9.17) is 21.1 Å². The number of hydrogen-bond acceptors (Lipinski definition) is 3. The third-order valence-corrected chi connectivity index (χ3v) is 6.71. The van der Waals surface area contributed by atoms with Gasteiger partial charge in [-0.2, -0.15) is 0 Å². The molecule has 1 aliphatic rings. The zero-order valence-corrected chi connectivity index (χ0v) is 20.1. The molecule has 0 saturated heterocycles. The Labute approximate surface area is 204 Å². The lowest BCUT2D eigenvalue weighted by molar-refractivity contribution is 0.102. The second-order valence-corrected chi connectivity index (χ2v) is 9.03. The molecule has 0 saturated carbocycles. The van der Waals surface area contributed by atoms with Crippen LogP contribution in [0.5, 0.6) is 11.5 Å². The van der Waals surface area contributed by atoms with Crippen LogP contribution in [-0.2, 0) is 13.0 Å². The van der Waals surface area contributed by atoms with Crippen LogP contribution in [0.1, 0.15) is 39.2 Å². The van der Waals surface area contributed by atoms with E-state index in [2.05, 4.69) is 48.0 Å². The van der Waals surface area contributed by atoms with Gasteiger partial charge in [0.05, 0.1) is 0 Å². The van der Waals surface area contributed by atoms with Crippen molar-refractivity contribution in [3.05, 3.63) is 88.6 Å². The summed E-state index contributed by atoms with van der Waals surface area (Å²) in [6.07, 6.45) is 1.71. The van der Waals surface area contributed by atoms with Crippen LogP contribution in [-0.4, -0.2) is 23.1 Å². The monoisotopic (exact) mass is 474 g/mol. The lowest BCUT2D eigenvalue weighted by Crippen LogP contribution is -2.12. The van der Waals surface area contributed by atoms with Crippen LogP contribution < -0.4 is 14.8 Å². The highest BCUT2D eigenvalue weighted by atomic mass is 35.5. The van der Waals surface area contributed by atoms with Crippen LogP contribution in [0.2, 0.25) is 0 Å². The van der Waals surface area contributed by atoms with Crippen molar-refractivity contribution < 1.29 is 14.3 Å². The number of carbonyl (C=O) groups is 1. The van der Waals surface area contributed by atoms with E-state index < -0.39 is 0 Å². The van der Waals surface area contributed by atoms with Gasteiger partial charge in [0.25, 0.3) is 5.91 Å². The topological polar surface area (TPSA) is 52.5 Å². The Bertz CT molecular complexity index is 1380. The van der Waals surface area contributed by atoms with Crippen LogP contribution in [0, 0.1) is 13.8 Å². The normalized spacial score (nSPS) is 12.3. The van der Waals surface area contributed by atoms with Crippen molar-refractivity contribution in [3.8, 4) is 11.5 Å². The van der Waals surface area contributed by atoms with Crippen LogP contribution in [0.4, 0.5) is 5.69 Å². The maximum Gasteiger partial charge on any atom is 0.255 e. The van der Waals surface area contributed by atoms with Gasteiger partial charge in [0, 0.05) is 46.3 Å². The summed E-state index contributed by atoms with van der Waals surface area (Å²) in [7, 11) is 0. The summed E-state index contributed by atoms with van der Waals surface area (Å²) >= 11 is 5.93. The minimum atomic E-state index is -0.154. The smallest absolute Gasteiger partial charge is 0.255 e. The van der Waals surface area contributed by atoms with Gasteiger partial charge < -0.3 is 19.4 Å². The van der Waals surface area contributed by atoms with Crippen molar-refractivity contribution >= 4 is 34.1 Å². The maximum atomic E-state index is 12.9. The molecule has 3 aromatic carbocycles. The van der Waals surface area contributed by atoms with E-state index in [1.165, 1.54) is 27.7 Å². The number of anilines is 1. The van der Waals surface area contributed by atoms with Crippen molar-refractivity contribution in [1.82, 2.24) is 4.57 Å². The molecule has 0 unspecified atom stereocenters. The first-order valence-electron chi connectivity index (χ1n) is 11.5. The highest BCUT2D eigenvalue weighted by molar-refractivity contribution is 6.17. The van der Waals surface area contributed by atoms with Crippen molar-refractivity contribution in [1.29, 1.82) is 0 Å². The van der Waals surface area contributed by atoms with Crippen molar-refractivity contribution in [2.75, 3.05) is 18.0 Å². The largest absolute Gasteiger partial charge is 0.454 e. The van der Waals surface area contributed by atoms with Crippen LogP contribution in [0.3, 0.4) is 0 Å². The third-order valence-electron chi connectivity index (χ3n) is 6.45. The lowest BCUT2D eigenvalue weighted by Gasteiger charge is -2.09. The fraction of sp³-hybridized carbons (Fsp3) is 0.250. The minimum Gasteiger partial charge on any atom is -0.454 e. The predicted octanol–water partition coefficient (Wildman–Crippen LogP) is 6.46. The molecule has 1 amide bonds. The molecule has 5 nitrogen and oxygen atoms in total. The highest BCUT2D eigenvalue weighted by Crippen LogP contribution is 2.34. The zero-order chi connectivity index (χ0) is 23.7. The van der Waals surface area contributed by atoms with Gasteiger partial charge in [-0.15, -0.1) is 11.6 Å². The molecule has 2 heterocycles. The fourth-order valence-electron chi connectivity index (χ4n) is 4.55. The van der Waals surface area contributed by atoms with E-state index in [-0.39, 0.29) is 12.7 Å². The minimum absolute atomic E-state index is 0.154. The Morgan fingerprint density at radius 3 is 2.68 bits per heavy atom. The molecular weight excluding hydrogens is 448 g/mol. The molecule has 0 radical (unpaired) electrons. The molecule has 0 fully saturated rings. The number of aryl methyl sites for hydroxylation is 2. The van der Waals surface area contributed by atoms with Gasteiger partial charge in [0.2, 0.25) is 6.79 Å². The predicted molar refractivity (Wildman–Crippen MR) is 137 cm³/mol. The number of aromatic nitrogens is 1. The summed E-state index contributed by atoms with van der Waals surface area (Å²) in [5.74, 6) is 1.84. The van der Waals surface area contributed by atoms with E-state index in [0.29, 0.717) is 28.6 Å². The van der Waals surface area contributed by atoms with Gasteiger partial charge in [-0.05, 0) is 79.8 Å². The Morgan fingerprint density at radius 2 is 1.82 bits per heavy atom. The van der Waals surface area contributed by atoms with Gasteiger partial charge >= 0.3 is 0 Å². The number of halogens is 1. The molecule has 0 spiro atoms. The number of amides is 1. The SMILES string of the molecule is Cc1c(C)n(CCCCl)c2ccc(Cc3cccc(C(=O)Nc4ccc5c(c4)OCO5)c3)cc12. The molecule has 1 aromatic heterocycles. The first kappa shape index (κ1) is 22.4. The number of hydrogen-bond donors (Lipinski definition) is 1.